The molecule has 1 unspecified atom stereocenters. The number of carbonyl (C=O) groups is 1. The highest BCUT2D eigenvalue weighted by Gasteiger charge is 2.20. The van der Waals surface area contributed by atoms with Gasteiger partial charge in [-0.05, 0) is 67.5 Å². The normalized spacial score (nSPS) is 15.5. The molecule has 1 aromatic heterocycles. The van der Waals surface area contributed by atoms with Gasteiger partial charge in [0.1, 0.15) is 0 Å². The third kappa shape index (κ3) is 4.82. The number of rotatable bonds is 8. The van der Waals surface area contributed by atoms with Gasteiger partial charge in [0.05, 0.1) is 27.0 Å². The Hall–Kier alpha value is -3.48. The molecule has 1 amide bonds. The van der Waals surface area contributed by atoms with Crippen LogP contribution in [0, 0.1) is 5.92 Å². The van der Waals surface area contributed by atoms with E-state index in [-0.39, 0.29) is 5.91 Å². The summed E-state index contributed by atoms with van der Waals surface area (Å²) < 4.78 is 16.7. The van der Waals surface area contributed by atoms with E-state index in [0.717, 1.165) is 35.7 Å². The van der Waals surface area contributed by atoms with Crippen LogP contribution in [0.1, 0.15) is 53.9 Å². The molecule has 4 rings (SSSR count). The Bertz CT molecular complexity index is 1160. The summed E-state index contributed by atoms with van der Waals surface area (Å²) >= 11 is 0. The van der Waals surface area contributed by atoms with Crippen molar-refractivity contribution < 1.29 is 19.0 Å². The highest BCUT2D eigenvalue weighted by molar-refractivity contribution is 5.99. The molecule has 1 atom stereocenters. The lowest BCUT2D eigenvalue weighted by molar-refractivity contribution is 0.0955. The molecule has 0 bridgehead atoms. The van der Waals surface area contributed by atoms with Crippen molar-refractivity contribution in [3.8, 4) is 17.2 Å². The van der Waals surface area contributed by atoms with Gasteiger partial charge in [-0.2, -0.15) is 5.10 Å². The molecule has 1 aliphatic rings. The number of aromatic nitrogens is 1. The topological polar surface area (TPSA) is 84.9 Å². The van der Waals surface area contributed by atoms with Gasteiger partial charge in [-0.3, -0.25) is 4.79 Å². The fraction of sp³-hybridized carbons (Fsp3) is 0.385. The van der Waals surface area contributed by atoms with Gasteiger partial charge in [0.25, 0.3) is 5.91 Å². The smallest absolute Gasteiger partial charge is 0.271 e. The van der Waals surface area contributed by atoms with Crippen LogP contribution in [0.25, 0.3) is 10.9 Å². The Morgan fingerprint density at radius 1 is 1.21 bits per heavy atom. The number of hydrogen-bond donors (Lipinski definition) is 2. The first kappa shape index (κ1) is 22.7. The lowest BCUT2D eigenvalue weighted by atomic mass is 9.87. The van der Waals surface area contributed by atoms with Gasteiger partial charge in [-0.15, -0.1) is 0 Å². The Morgan fingerprint density at radius 2 is 1.97 bits per heavy atom. The maximum absolute atomic E-state index is 12.7. The van der Waals surface area contributed by atoms with Crippen LogP contribution in [-0.2, 0) is 12.8 Å². The first-order valence-corrected chi connectivity index (χ1v) is 11.4. The predicted molar refractivity (Wildman–Crippen MR) is 130 cm³/mol. The number of methoxy groups -OCH3 is 2. The third-order valence-electron chi connectivity index (χ3n) is 6.01. The van der Waals surface area contributed by atoms with Crippen LogP contribution in [0.2, 0.25) is 0 Å². The Morgan fingerprint density at radius 3 is 2.67 bits per heavy atom. The molecular weight excluding hydrogens is 418 g/mol. The van der Waals surface area contributed by atoms with E-state index in [4.69, 9.17) is 14.2 Å². The number of hydrogen-bond acceptors (Lipinski definition) is 5. The van der Waals surface area contributed by atoms with Crippen LogP contribution in [0.3, 0.4) is 0 Å². The highest BCUT2D eigenvalue weighted by atomic mass is 16.5. The fourth-order valence-electron chi connectivity index (χ4n) is 4.28. The maximum Gasteiger partial charge on any atom is 0.271 e. The van der Waals surface area contributed by atoms with Gasteiger partial charge in [-0.25, -0.2) is 5.43 Å². The molecule has 0 aliphatic heterocycles. The number of benzene rings is 2. The number of nitrogens with zero attached hydrogens (tertiary/aromatic N) is 1. The number of aromatic amines is 1. The largest absolute Gasteiger partial charge is 0.493 e. The number of hydrazone groups is 1. The number of ether oxygens (including phenoxy) is 3. The molecule has 7 heteroatoms. The quantitative estimate of drug-likeness (QED) is 0.380. The molecular formula is C26H31N3O4. The van der Waals surface area contributed by atoms with Crippen LogP contribution < -0.4 is 19.6 Å². The van der Waals surface area contributed by atoms with Crippen molar-refractivity contribution >= 4 is 23.0 Å². The molecule has 1 heterocycles. The second kappa shape index (κ2) is 9.98. The summed E-state index contributed by atoms with van der Waals surface area (Å²) in [5.74, 6) is 2.06. The minimum atomic E-state index is -0.256. The summed E-state index contributed by atoms with van der Waals surface area (Å²) in [4.78, 5) is 16.3. The minimum absolute atomic E-state index is 0.256. The summed E-state index contributed by atoms with van der Waals surface area (Å²) in [7, 11) is 3.15. The molecule has 0 fully saturated rings. The third-order valence-corrected chi connectivity index (χ3v) is 6.01. The van der Waals surface area contributed by atoms with Gasteiger partial charge in [-0.1, -0.05) is 13.8 Å². The monoisotopic (exact) mass is 449 g/mol. The molecule has 2 N–H and O–H groups in total. The van der Waals surface area contributed by atoms with Crippen LogP contribution in [0.4, 0.5) is 0 Å². The Kier molecular flexibility index (Phi) is 6.87. The van der Waals surface area contributed by atoms with E-state index in [1.165, 1.54) is 17.7 Å². The molecule has 33 heavy (non-hydrogen) atoms. The maximum atomic E-state index is 12.7. The summed E-state index contributed by atoms with van der Waals surface area (Å²) in [5, 5.41) is 5.27. The molecule has 174 valence electrons. The van der Waals surface area contributed by atoms with Crippen molar-refractivity contribution in [3.05, 3.63) is 52.7 Å². The van der Waals surface area contributed by atoms with Crippen LogP contribution in [-0.4, -0.2) is 37.9 Å². The van der Waals surface area contributed by atoms with Gasteiger partial charge in [0.15, 0.2) is 11.5 Å². The van der Waals surface area contributed by atoms with E-state index < -0.39 is 0 Å². The van der Waals surface area contributed by atoms with Gasteiger partial charge >= 0.3 is 0 Å². The van der Waals surface area contributed by atoms with E-state index in [9.17, 15) is 4.79 Å². The average Bonchev–Trinajstić information content (AvgIpc) is 3.19. The lowest BCUT2D eigenvalue weighted by Gasteiger charge is -2.18. The second-order valence-electron chi connectivity index (χ2n) is 8.49. The fourth-order valence-corrected chi connectivity index (χ4v) is 4.28. The van der Waals surface area contributed by atoms with Gasteiger partial charge < -0.3 is 19.2 Å². The van der Waals surface area contributed by atoms with Gasteiger partial charge in [0.2, 0.25) is 5.75 Å². The van der Waals surface area contributed by atoms with Crippen LogP contribution in [0.15, 0.2) is 35.4 Å². The number of amides is 1. The molecule has 1 aliphatic carbocycles. The zero-order chi connectivity index (χ0) is 23.4. The average molecular weight is 450 g/mol. The first-order chi connectivity index (χ1) is 16.0. The number of H-pyrrole nitrogens is 1. The molecule has 0 spiro atoms. The number of fused-ring (bicyclic) bond motifs is 3. The molecule has 0 saturated heterocycles. The van der Waals surface area contributed by atoms with Crippen molar-refractivity contribution in [2.75, 3.05) is 20.8 Å². The molecule has 3 aromatic rings. The van der Waals surface area contributed by atoms with Gasteiger partial charge in [0, 0.05) is 27.7 Å². The van der Waals surface area contributed by atoms with Crippen molar-refractivity contribution in [1.29, 1.82) is 0 Å². The number of nitrogens with one attached hydrogen (secondary N) is 2. The zero-order valence-corrected chi connectivity index (χ0v) is 19.7. The molecule has 0 saturated carbocycles. The van der Waals surface area contributed by atoms with Crippen LogP contribution in [0.5, 0.6) is 17.2 Å². The van der Waals surface area contributed by atoms with E-state index >= 15 is 0 Å². The summed E-state index contributed by atoms with van der Waals surface area (Å²) in [5.41, 5.74) is 7.65. The minimum Gasteiger partial charge on any atom is -0.493 e. The molecule has 2 aromatic carbocycles. The molecule has 0 radical (unpaired) electrons. The second-order valence-corrected chi connectivity index (χ2v) is 8.49. The highest BCUT2D eigenvalue weighted by Crippen LogP contribution is 2.38. The van der Waals surface area contributed by atoms with Crippen LogP contribution >= 0.6 is 0 Å². The van der Waals surface area contributed by atoms with E-state index in [2.05, 4.69) is 22.4 Å². The van der Waals surface area contributed by atoms with Crippen molar-refractivity contribution in [2.24, 2.45) is 11.0 Å². The SMILES string of the molecule is CCCOc1c(OC)cc(/C=N\NC(=O)c2ccc3[nH]c4c(c3c2)CC(C)CC4)cc1OC. The summed E-state index contributed by atoms with van der Waals surface area (Å²) in [6.45, 7) is 4.87. The van der Waals surface area contributed by atoms with Crippen molar-refractivity contribution in [3.63, 3.8) is 0 Å². The Balaban J connectivity index is 1.51. The van der Waals surface area contributed by atoms with Crippen molar-refractivity contribution in [2.45, 2.75) is 39.5 Å². The Labute approximate surface area is 194 Å². The predicted octanol–water partition coefficient (Wildman–Crippen LogP) is 4.86. The van der Waals surface area contributed by atoms with E-state index in [1.54, 1.807) is 32.6 Å². The van der Waals surface area contributed by atoms with E-state index in [0.29, 0.717) is 35.3 Å². The first-order valence-electron chi connectivity index (χ1n) is 11.4. The standard InChI is InChI=1S/C26H31N3O4/c1-5-10-33-25-23(31-3)12-17(13-24(25)32-4)15-27-29-26(30)18-7-9-22-20(14-18)19-11-16(2)6-8-21(19)28-22/h7,9,12-16,28H,5-6,8,10-11H2,1-4H3,(H,29,30)/b27-15-. The number of carbonyl (C=O) groups excluding carboxylic acids is 1. The van der Waals surface area contributed by atoms with E-state index in [1.807, 2.05) is 25.1 Å². The summed E-state index contributed by atoms with van der Waals surface area (Å²) in [6.07, 6.45) is 5.73. The lowest BCUT2D eigenvalue weighted by Crippen LogP contribution is -2.17. The summed E-state index contributed by atoms with van der Waals surface area (Å²) in [6, 6.07) is 9.34. The zero-order valence-electron chi connectivity index (χ0n) is 19.7. The van der Waals surface area contributed by atoms with Crippen molar-refractivity contribution in [1.82, 2.24) is 10.4 Å². The number of aryl methyl sites for hydroxylation is 1. The molecule has 7 nitrogen and oxygen atoms in total.